The molecule has 2 amide bonds. The molecule has 0 radical (unpaired) electrons. The molecule has 30 heavy (non-hydrogen) atoms. The molecule has 0 aliphatic carbocycles. The van der Waals surface area contributed by atoms with Crippen LogP contribution in [0.3, 0.4) is 0 Å². The van der Waals surface area contributed by atoms with Crippen LogP contribution in [0.25, 0.3) is 0 Å². The molecule has 0 bridgehead atoms. The highest BCUT2D eigenvalue weighted by Crippen LogP contribution is 2.31. The molecule has 0 aromatic heterocycles. The number of aryl methyl sites for hydroxylation is 1. The Balaban J connectivity index is 1.23. The van der Waals surface area contributed by atoms with Crippen LogP contribution in [0.2, 0.25) is 0 Å². The lowest BCUT2D eigenvalue weighted by Gasteiger charge is -2.35. The van der Waals surface area contributed by atoms with Gasteiger partial charge in [0, 0.05) is 5.69 Å². The van der Waals surface area contributed by atoms with E-state index in [4.69, 9.17) is 9.47 Å². The van der Waals surface area contributed by atoms with Crippen LogP contribution < -0.4 is 19.7 Å². The number of para-hydroxylation sites is 2. The van der Waals surface area contributed by atoms with Crippen LogP contribution in [0.5, 0.6) is 11.5 Å². The minimum atomic E-state index is -0.615. The average molecular weight is 410 g/mol. The molecule has 1 saturated heterocycles. The molecule has 0 unspecified atom stereocenters. The smallest absolute Gasteiger partial charge is 0.279 e. The molecule has 0 spiro atoms. The topological polar surface area (TPSA) is 72.3 Å². The van der Waals surface area contributed by atoms with Gasteiger partial charge in [-0.05, 0) is 36.2 Å². The lowest BCUT2D eigenvalue weighted by molar-refractivity contribution is -0.895. The number of carbonyl (C=O) groups excluding carboxylic acids is 2. The Bertz CT molecular complexity index is 892. The van der Waals surface area contributed by atoms with Gasteiger partial charge in [-0.1, -0.05) is 31.2 Å². The van der Waals surface area contributed by atoms with Crippen LogP contribution in [0, 0.1) is 0 Å². The van der Waals surface area contributed by atoms with E-state index in [0.717, 1.165) is 25.2 Å². The third kappa shape index (κ3) is 4.74. The van der Waals surface area contributed by atoms with Gasteiger partial charge in [-0.3, -0.25) is 9.59 Å². The number of benzene rings is 2. The first kappa shape index (κ1) is 20.2. The lowest BCUT2D eigenvalue weighted by Crippen LogP contribution is -3.15. The van der Waals surface area contributed by atoms with Gasteiger partial charge in [0.05, 0.1) is 26.2 Å². The van der Waals surface area contributed by atoms with Crippen molar-refractivity contribution in [3.63, 3.8) is 0 Å². The highest BCUT2D eigenvalue weighted by Gasteiger charge is 2.34. The van der Waals surface area contributed by atoms with Crippen LogP contribution in [-0.4, -0.2) is 62.1 Å². The van der Waals surface area contributed by atoms with Gasteiger partial charge in [0.1, 0.15) is 6.61 Å². The van der Waals surface area contributed by atoms with Gasteiger partial charge < -0.3 is 24.6 Å². The van der Waals surface area contributed by atoms with E-state index in [1.807, 2.05) is 53.4 Å². The van der Waals surface area contributed by atoms with Crippen molar-refractivity contribution < 1.29 is 24.0 Å². The molecule has 2 aromatic carbocycles. The second kappa shape index (κ2) is 9.17. The van der Waals surface area contributed by atoms with Gasteiger partial charge >= 0.3 is 0 Å². The normalized spacial score (nSPS) is 18.7. The zero-order chi connectivity index (χ0) is 20.9. The SMILES string of the molecule is CCc1ccc(NC(=O)C[NH+]2CCN(C(=O)[C@@H]3COc4ccccc4O3)CC2)cc1. The molecule has 2 aliphatic heterocycles. The fourth-order valence-electron chi connectivity index (χ4n) is 3.82. The molecule has 158 valence electrons. The van der Waals surface area contributed by atoms with E-state index in [0.29, 0.717) is 31.1 Å². The average Bonchev–Trinajstić information content (AvgIpc) is 2.79. The van der Waals surface area contributed by atoms with Crippen LogP contribution in [0.1, 0.15) is 12.5 Å². The minimum Gasteiger partial charge on any atom is -0.485 e. The molecule has 0 saturated carbocycles. The molecule has 2 aromatic rings. The summed E-state index contributed by atoms with van der Waals surface area (Å²) in [6, 6.07) is 15.3. The van der Waals surface area contributed by atoms with Crippen LogP contribution in [0.4, 0.5) is 5.69 Å². The molecule has 2 heterocycles. The number of amides is 2. The standard InChI is InChI=1S/C23H27N3O4/c1-2-17-7-9-18(10-8-17)24-22(27)15-25-11-13-26(14-12-25)23(28)21-16-29-19-5-3-4-6-20(19)30-21/h3-10,21H,2,11-16H2,1H3,(H,24,27)/p+1/t21-/m0/s1. The number of nitrogens with one attached hydrogen (secondary N) is 2. The number of fused-ring (bicyclic) bond motifs is 1. The molecular weight excluding hydrogens is 382 g/mol. The summed E-state index contributed by atoms with van der Waals surface area (Å²) in [4.78, 5) is 28.2. The van der Waals surface area contributed by atoms with Crippen molar-refractivity contribution in [1.29, 1.82) is 0 Å². The maximum atomic E-state index is 12.8. The van der Waals surface area contributed by atoms with E-state index in [1.165, 1.54) is 10.5 Å². The van der Waals surface area contributed by atoms with Crippen molar-refractivity contribution in [3.8, 4) is 11.5 Å². The van der Waals surface area contributed by atoms with Crippen LogP contribution >= 0.6 is 0 Å². The van der Waals surface area contributed by atoms with Gasteiger partial charge in [0.15, 0.2) is 18.0 Å². The first-order valence-electron chi connectivity index (χ1n) is 10.5. The van der Waals surface area contributed by atoms with Crippen molar-refractivity contribution >= 4 is 17.5 Å². The maximum Gasteiger partial charge on any atom is 0.279 e. The van der Waals surface area contributed by atoms with Crippen molar-refractivity contribution in [2.24, 2.45) is 0 Å². The predicted molar refractivity (Wildman–Crippen MR) is 113 cm³/mol. The second-order valence-electron chi connectivity index (χ2n) is 7.71. The third-order valence-electron chi connectivity index (χ3n) is 5.62. The number of quaternary nitrogens is 1. The second-order valence-corrected chi connectivity index (χ2v) is 7.71. The Hall–Kier alpha value is -3.06. The van der Waals surface area contributed by atoms with Gasteiger partial charge in [-0.15, -0.1) is 0 Å². The van der Waals surface area contributed by atoms with E-state index in [2.05, 4.69) is 12.2 Å². The number of hydrogen-bond donors (Lipinski definition) is 2. The van der Waals surface area contributed by atoms with E-state index in [-0.39, 0.29) is 18.4 Å². The van der Waals surface area contributed by atoms with Crippen molar-refractivity contribution in [3.05, 3.63) is 54.1 Å². The third-order valence-corrected chi connectivity index (χ3v) is 5.62. The quantitative estimate of drug-likeness (QED) is 0.763. The summed E-state index contributed by atoms with van der Waals surface area (Å²) in [6.07, 6.45) is 0.363. The molecule has 7 heteroatoms. The number of ether oxygens (including phenoxy) is 2. The Morgan fingerprint density at radius 3 is 2.47 bits per heavy atom. The van der Waals surface area contributed by atoms with Gasteiger partial charge in [0.2, 0.25) is 6.10 Å². The molecule has 7 nitrogen and oxygen atoms in total. The molecular formula is C23H28N3O4+. The lowest BCUT2D eigenvalue weighted by atomic mass is 10.1. The Kier molecular flexibility index (Phi) is 6.18. The largest absolute Gasteiger partial charge is 0.485 e. The summed E-state index contributed by atoms with van der Waals surface area (Å²) in [6.45, 7) is 5.41. The fraction of sp³-hybridized carbons (Fsp3) is 0.391. The highest BCUT2D eigenvalue weighted by atomic mass is 16.6. The summed E-state index contributed by atoms with van der Waals surface area (Å²) >= 11 is 0. The van der Waals surface area contributed by atoms with E-state index in [9.17, 15) is 9.59 Å². The number of hydrogen-bond acceptors (Lipinski definition) is 4. The van der Waals surface area contributed by atoms with E-state index in [1.54, 1.807) is 0 Å². The monoisotopic (exact) mass is 410 g/mol. The Morgan fingerprint density at radius 2 is 1.77 bits per heavy atom. The molecule has 1 atom stereocenters. The van der Waals surface area contributed by atoms with Crippen molar-refractivity contribution in [1.82, 2.24) is 4.90 Å². The van der Waals surface area contributed by atoms with Gasteiger partial charge in [0.25, 0.3) is 11.8 Å². The van der Waals surface area contributed by atoms with Crippen molar-refractivity contribution in [2.45, 2.75) is 19.4 Å². The van der Waals surface area contributed by atoms with E-state index < -0.39 is 6.10 Å². The summed E-state index contributed by atoms with van der Waals surface area (Å²) < 4.78 is 11.5. The zero-order valence-electron chi connectivity index (χ0n) is 17.2. The number of carbonyl (C=O) groups is 2. The minimum absolute atomic E-state index is 0.00496. The summed E-state index contributed by atoms with van der Waals surface area (Å²) in [5.74, 6) is 1.22. The first-order chi connectivity index (χ1) is 14.6. The predicted octanol–water partition coefficient (Wildman–Crippen LogP) is 0.755. The molecule has 2 N–H and O–H groups in total. The highest BCUT2D eigenvalue weighted by molar-refractivity contribution is 5.91. The number of nitrogens with zero attached hydrogens (tertiary/aromatic N) is 1. The van der Waals surface area contributed by atoms with Crippen LogP contribution in [-0.2, 0) is 16.0 Å². The fourth-order valence-corrected chi connectivity index (χ4v) is 3.82. The number of piperazine rings is 1. The van der Waals surface area contributed by atoms with Gasteiger partial charge in [-0.25, -0.2) is 0 Å². The summed E-state index contributed by atoms with van der Waals surface area (Å²) in [5, 5.41) is 2.96. The first-order valence-corrected chi connectivity index (χ1v) is 10.5. The molecule has 1 fully saturated rings. The maximum absolute atomic E-state index is 12.8. The molecule has 2 aliphatic rings. The molecule has 4 rings (SSSR count). The number of rotatable bonds is 5. The van der Waals surface area contributed by atoms with Crippen LogP contribution in [0.15, 0.2) is 48.5 Å². The zero-order valence-corrected chi connectivity index (χ0v) is 17.2. The Labute approximate surface area is 176 Å². The number of anilines is 1. The Morgan fingerprint density at radius 1 is 1.07 bits per heavy atom. The van der Waals surface area contributed by atoms with Crippen molar-refractivity contribution in [2.75, 3.05) is 44.6 Å². The summed E-state index contributed by atoms with van der Waals surface area (Å²) in [7, 11) is 0. The van der Waals surface area contributed by atoms with E-state index >= 15 is 0 Å². The van der Waals surface area contributed by atoms with Gasteiger partial charge in [-0.2, -0.15) is 0 Å². The summed E-state index contributed by atoms with van der Waals surface area (Å²) in [5.41, 5.74) is 2.07.